The smallest absolute Gasteiger partial charge is 0.408 e. The van der Waals surface area contributed by atoms with Crippen LogP contribution in [0.2, 0.25) is 0 Å². The number of carbonyl (C=O) groups excluding carboxylic acids is 3. The van der Waals surface area contributed by atoms with Gasteiger partial charge < -0.3 is 20.3 Å². The Labute approximate surface area is 235 Å². The van der Waals surface area contributed by atoms with Gasteiger partial charge in [-0.15, -0.1) is 13.0 Å². The van der Waals surface area contributed by atoms with Crippen molar-refractivity contribution in [2.24, 2.45) is 0 Å². The number of rotatable bonds is 9. The molecule has 8 heteroatoms. The second-order valence-electron chi connectivity index (χ2n) is 9.85. The number of fused-ring (bicyclic) bond motifs is 1. The van der Waals surface area contributed by atoms with Gasteiger partial charge in [-0.05, 0) is 55.3 Å². The third-order valence-electron chi connectivity index (χ3n) is 5.77. The van der Waals surface area contributed by atoms with Gasteiger partial charge in [-0.3, -0.25) is 9.59 Å². The molecule has 0 aliphatic carbocycles. The normalized spacial score (nSPS) is 12.5. The molecule has 0 saturated carbocycles. The Balaban J connectivity index is 2.01. The van der Waals surface area contributed by atoms with E-state index in [4.69, 9.17) is 11.2 Å². The zero-order chi connectivity index (χ0) is 28.6. The molecule has 0 spiro atoms. The zero-order valence-electron chi connectivity index (χ0n) is 22.3. The van der Waals surface area contributed by atoms with E-state index in [0.29, 0.717) is 16.8 Å². The fourth-order valence-electron chi connectivity index (χ4n) is 4.09. The Morgan fingerprint density at radius 1 is 1.08 bits per heavy atom. The molecule has 0 aromatic heterocycles. The fraction of sp³-hybridized carbons (Fsp3) is 0.258. The van der Waals surface area contributed by atoms with Crippen LogP contribution >= 0.6 is 12.6 Å². The maximum Gasteiger partial charge on any atom is 0.408 e. The van der Waals surface area contributed by atoms with E-state index in [1.165, 1.54) is 11.0 Å². The van der Waals surface area contributed by atoms with Gasteiger partial charge >= 0.3 is 6.09 Å². The lowest BCUT2D eigenvalue weighted by Crippen LogP contribution is -2.53. The van der Waals surface area contributed by atoms with Crippen molar-refractivity contribution in [1.82, 2.24) is 10.2 Å². The Morgan fingerprint density at radius 2 is 1.74 bits per heavy atom. The molecule has 0 radical (unpaired) electrons. The predicted molar refractivity (Wildman–Crippen MR) is 159 cm³/mol. The largest absolute Gasteiger partial charge is 0.444 e. The van der Waals surface area contributed by atoms with Gasteiger partial charge in [-0.2, -0.15) is 12.6 Å². The van der Waals surface area contributed by atoms with Gasteiger partial charge in [0.05, 0.1) is 0 Å². The van der Waals surface area contributed by atoms with Crippen molar-refractivity contribution < 1.29 is 19.1 Å². The predicted octanol–water partition coefficient (Wildman–Crippen LogP) is 5.34. The molecule has 3 aromatic carbocycles. The van der Waals surface area contributed by atoms with Gasteiger partial charge in [0.15, 0.2) is 0 Å². The number of thiol groups is 1. The van der Waals surface area contributed by atoms with Crippen molar-refractivity contribution >= 4 is 47.0 Å². The number of hydrogen-bond donors (Lipinski definition) is 3. The van der Waals surface area contributed by atoms with Crippen molar-refractivity contribution in [3.63, 3.8) is 0 Å². The lowest BCUT2D eigenvalue weighted by Gasteiger charge is -2.34. The van der Waals surface area contributed by atoms with Crippen molar-refractivity contribution in [1.29, 1.82) is 0 Å². The highest BCUT2D eigenvalue weighted by atomic mass is 32.1. The van der Waals surface area contributed by atoms with Crippen molar-refractivity contribution in [3.8, 4) is 12.3 Å². The molecule has 0 bridgehead atoms. The molecule has 0 heterocycles. The number of benzene rings is 3. The molecule has 7 nitrogen and oxygen atoms in total. The SMILES string of the molecule is C#Cc1ccccc1C(C(=O)Nc1ccc2ccccc2c1)N(CC=C)C(=O)C(CS)NC(=O)OC(C)(C)C. The molecule has 0 aliphatic heterocycles. The van der Waals surface area contributed by atoms with E-state index in [9.17, 15) is 14.4 Å². The summed E-state index contributed by atoms with van der Waals surface area (Å²) in [5.41, 5.74) is 0.720. The number of terminal acetylenes is 1. The van der Waals surface area contributed by atoms with Gasteiger partial charge in [-0.1, -0.05) is 60.5 Å². The number of hydrogen-bond acceptors (Lipinski definition) is 5. The zero-order valence-corrected chi connectivity index (χ0v) is 23.2. The first-order chi connectivity index (χ1) is 18.6. The van der Waals surface area contributed by atoms with E-state index in [-0.39, 0.29) is 12.3 Å². The molecule has 2 atom stereocenters. The molecule has 2 unspecified atom stereocenters. The summed E-state index contributed by atoms with van der Waals surface area (Å²) in [6, 6.07) is 18.1. The summed E-state index contributed by atoms with van der Waals surface area (Å²) in [7, 11) is 0. The number of nitrogens with one attached hydrogen (secondary N) is 2. The highest BCUT2D eigenvalue weighted by Crippen LogP contribution is 2.28. The maximum atomic E-state index is 13.9. The fourth-order valence-corrected chi connectivity index (χ4v) is 4.34. The van der Waals surface area contributed by atoms with Crippen molar-refractivity contribution in [3.05, 3.63) is 90.5 Å². The van der Waals surface area contributed by atoms with Crippen LogP contribution in [0.15, 0.2) is 79.4 Å². The minimum atomic E-state index is -1.13. The summed E-state index contributed by atoms with van der Waals surface area (Å²) in [6.45, 7) is 8.95. The van der Waals surface area contributed by atoms with Crippen LogP contribution < -0.4 is 10.6 Å². The van der Waals surface area contributed by atoms with E-state index in [0.717, 1.165) is 10.8 Å². The Hall–Kier alpha value is -4.22. The molecule has 39 heavy (non-hydrogen) atoms. The van der Waals surface area contributed by atoms with E-state index in [1.54, 1.807) is 51.1 Å². The van der Waals surface area contributed by atoms with Crippen LogP contribution in [0, 0.1) is 12.3 Å². The number of alkyl carbamates (subject to hydrolysis) is 1. The summed E-state index contributed by atoms with van der Waals surface area (Å²) >= 11 is 4.29. The third-order valence-corrected chi connectivity index (χ3v) is 6.13. The van der Waals surface area contributed by atoms with Crippen LogP contribution in [-0.2, 0) is 14.3 Å². The van der Waals surface area contributed by atoms with Crippen molar-refractivity contribution in [2.75, 3.05) is 17.6 Å². The average molecular weight is 544 g/mol. The molecule has 0 saturated heterocycles. The van der Waals surface area contributed by atoms with Crippen LogP contribution in [0.25, 0.3) is 10.8 Å². The van der Waals surface area contributed by atoms with E-state index >= 15 is 0 Å². The summed E-state index contributed by atoms with van der Waals surface area (Å²) in [6.07, 6.45) is 6.51. The highest BCUT2D eigenvalue weighted by Gasteiger charge is 2.36. The summed E-state index contributed by atoms with van der Waals surface area (Å²) in [5, 5.41) is 7.49. The number of amides is 3. The lowest BCUT2D eigenvalue weighted by atomic mass is 9.97. The van der Waals surface area contributed by atoms with E-state index in [2.05, 4.69) is 35.8 Å². The van der Waals surface area contributed by atoms with Crippen LogP contribution in [0.3, 0.4) is 0 Å². The summed E-state index contributed by atoms with van der Waals surface area (Å²) in [5.74, 6) is 1.57. The molecule has 0 fully saturated rings. The first kappa shape index (κ1) is 29.3. The van der Waals surface area contributed by atoms with Gasteiger partial charge in [0.2, 0.25) is 5.91 Å². The Morgan fingerprint density at radius 3 is 2.38 bits per heavy atom. The monoisotopic (exact) mass is 543 g/mol. The van der Waals surface area contributed by atoms with Gasteiger partial charge in [0.1, 0.15) is 17.7 Å². The van der Waals surface area contributed by atoms with Crippen LogP contribution in [0.4, 0.5) is 10.5 Å². The first-order valence-corrected chi connectivity index (χ1v) is 13.1. The van der Waals surface area contributed by atoms with Crippen LogP contribution in [0.5, 0.6) is 0 Å². The molecule has 0 aliphatic rings. The maximum absolute atomic E-state index is 13.9. The third kappa shape index (κ3) is 7.65. The Kier molecular flexibility index (Phi) is 9.80. The summed E-state index contributed by atoms with van der Waals surface area (Å²) < 4.78 is 5.32. The molecular formula is C31H33N3O4S. The molecule has 3 aromatic rings. The number of nitrogens with zero attached hydrogens (tertiary/aromatic N) is 1. The average Bonchev–Trinajstić information content (AvgIpc) is 2.90. The quantitative estimate of drug-likeness (QED) is 0.193. The Bertz CT molecular complexity index is 1410. The number of carbonyl (C=O) groups is 3. The first-order valence-electron chi connectivity index (χ1n) is 12.4. The van der Waals surface area contributed by atoms with E-state index < -0.39 is 35.6 Å². The summed E-state index contributed by atoms with van der Waals surface area (Å²) in [4.78, 5) is 41.6. The number of anilines is 1. The lowest BCUT2D eigenvalue weighted by molar-refractivity contribution is -0.139. The molecule has 3 rings (SSSR count). The topological polar surface area (TPSA) is 87.7 Å². The molecule has 3 amide bonds. The van der Waals surface area contributed by atoms with Gasteiger partial charge in [-0.25, -0.2) is 4.79 Å². The van der Waals surface area contributed by atoms with Crippen LogP contribution in [-0.4, -0.2) is 46.7 Å². The van der Waals surface area contributed by atoms with Crippen LogP contribution in [0.1, 0.15) is 37.9 Å². The second kappa shape index (κ2) is 13.0. The highest BCUT2D eigenvalue weighted by molar-refractivity contribution is 7.80. The standard InChI is InChI=1S/C31H33N3O4S/c1-6-18-34(29(36)26(20-39)33-30(37)38-31(3,4)5)27(25-15-11-10-12-21(25)7-2)28(35)32-24-17-16-22-13-8-9-14-23(22)19-24/h2,6,8-17,19,26-27,39H,1,18,20H2,3-5H3,(H,32,35)(H,33,37). The minimum absolute atomic E-state index is 0.00776. The molecular weight excluding hydrogens is 510 g/mol. The van der Waals surface area contributed by atoms with Gasteiger partial charge in [0, 0.05) is 23.5 Å². The molecule has 202 valence electrons. The van der Waals surface area contributed by atoms with Gasteiger partial charge in [0.25, 0.3) is 5.91 Å². The number of ether oxygens (including phenoxy) is 1. The second-order valence-corrected chi connectivity index (χ2v) is 10.2. The van der Waals surface area contributed by atoms with E-state index in [1.807, 2.05) is 36.4 Å². The molecule has 2 N–H and O–H groups in total. The van der Waals surface area contributed by atoms with Crippen molar-refractivity contribution in [2.45, 2.75) is 38.5 Å². The minimum Gasteiger partial charge on any atom is -0.444 e.